The van der Waals surface area contributed by atoms with Gasteiger partial charge in [-0.05, 0) is 87.0 Å². The Balaban J connectivity index is 1.91. The largest absolute Gasteiger partial charge is 0.445 e. The highest BCUT2D eigenvalue weighted by Crippen LogP contribution is 2.15. The van der Waals surface area contributed by atoms with Crippen molar-refractivity contribution in [1.29, 1.82) is 0 Å². The zero-order valence-corrected chi connectivity index (χ0v) is 25.1. The first-order valence-electron chi connectivity index (χ1n) is 14.9. The molecule has 44 heavy (non-hydrogen) atoms. The number of carbonyl (C=O) groups is 2. The van der Waals surface area contributed by atoms with Gasteiger partial charge in [0.15, 0.2) is 0 Å². The quantitative estimate of drug-likeness (QED) is 0.108. The molecule has 0 heterocycles. The summed E-state index contributed by atoms with van der Waals surface area (Å²) < 4.78 is 11.0. The highest BCUT2D eigenvalue weighted by Gasteiger charge is 2.18. The summed E-state index contributed by atoms with van der Waals surface area (Å²) in [6.45, 7) is 3.00. The molecule has 0 unspecified atom stereocenters. The van der Waals surface area contributed by atoms with E-state index in [1.807, 2.05) is 0 Å². The molecule has 0 fully saturated rings. The van der Waals surface area contributed by atoms with Crippen LogP contribution in [0.4, 0.5) is 21.0 Å². The second kappa shape index (κ2) is 20.6. The molecule has 0 radical (unpaired) electrons. The topological polar surface area (TPSA) is 197 Å². The minimum absolute atomic E-state index is 0.00664. The number of non-ortho nitro benzene ring substituents is 2. The van der Waals surface area contributed by atoms with E-state index in [9.17, 15) is 29.8 Å². The predicted molar refractivity (Wildman–Crippen MR) is 165 cm³/mol. The Morgan fingerprint density at radius 2 is 0.886 bits per heavy atom. The van der Waals surface area contributed by atoms with E-state index in [0.717, 1.165) is 38.5 Å². The molecule has 14 heteroatoms. The Hall–Kier alpha value is -4.30. The molecule has 2 aromatic rings. The fourth-order valence-electron chi connectivity index (χ4n) is 4.34. The highest BCUT2D eigenvalue weighted by molar-refractivity contribution is 5.68. The van der Waals surface area contributed by atoms with Crippen molar-refractivity contribution >= 4 is 23.6 Å². The number of rotatable bonds is 21. The van der Waals surface area contributed by atoms with Gasteiger partial charge in [0.25, 0.3) is 11.4 Å². The smallest absolute Gasteiger partial charge is 0.410 e. The number of ether oxygens (including phenoxy) is 2. The molecule has 0 aliphatic rings. The first-order chi connectivity index (χ1) is 21.2. The normalized spacial score (nSPS) is 10.7. The highest BCUT2D eigenvalue weighted by atomic mass is 16.6. The Morgan fingerprint density at radius 1 is 0.568 bits per heavy atom. The Bertz CT molecular complexity index is 1070. The number of amides is 2. The molecule has 242 valence electrons. The van der Waals surface area contributed by atoms with Crippen LogP contribution in [0.3, 0.4) is 0 Å². The molecular weight excluding hydrogens is 572 g/mol. The number of unbranched alkanes of at least 4 members (excludes halogenated alkanes) is 5. The molecule has 4 N–H and O–H groups in total. The van der Waals surface area contributed by atoms with Crippen LogP contribution in [-0.2, 0) is 22.7 Å². The SMILES string of the molecule is NCCCCCN(CCCCN(CCCCCN)C(=O)OCc1ccc([N+](=O)[O-])cc1)C(=O)OCc1ccc([N+](=O)[O-])cc1. The summed E-state index contributed by atoms with van der Waals surface area (Å²) in [6.07, 6.45) is 5.29. The van der Waals surface area contributed by atoms with Gasteiger partial charge in [0.2, 0.25) is 0 Å². The summed E-state index contributed by atoms with van der Waals surface area (Å²) in [4.78, 5) is 49.9. The van der Waals surface area contributed by atoms with Gasteiger partial charge in [0.1, 0.15) is 13.2 Å². The van der Waals surface area contributed by atoms with Crippen LogP contribution in [0.2, 0.25) is 0 Å². The molecule has 0 spiro atoms. The Morgan fingerprint density at radius 3 is 1.18 bits per heavy atom. The van der Waals surface area contributed by atoms with Gasteiger partial charge in [-0.3, -0.25) is 20.2 Å². The van der Waals surface area contributed by atoms with Crippen LogP contribution in [0.5, 0.6) is 0 Å². The molecule has 0 bridgehead atoms. The summed E-state index contributed by atoms with van der Waals surface area (Å²) in [5, 5.41) is 21.7. The first kappa shape index (κ1) is 35.9. The number of benzene rings is 2. The molecule has 2 rings (SSSR count). The third kappa shape index (κ3) is 13.8. The van der Waals surface area contributed by atoms with Crippen molar-refractivity contribution in [3.05, 3.63) is 79.9 Å². The van der Waals surface area contributed by atoms with Crippen LogP contribution in [0.1, 0.15) is 62.5 Å². The average Bonchev–Trinajstić information content (AvgIpc) is 3.02. The summed E-state index contributed by atoms with van der Waals surface area (Å²) in [6, 6.07) is 11.7. The van der Waals surface area contributed by atoms with Crippen molar-refractivity contribution in [2.45, 2.75) is 64.6 Å². The van der Waals surface area contributed by atoms with E-state index in [4.69, 9.17) is 20.9 Å². The van der Waals surface area contributed by atoms with Crippen molar-refractivity contribution in [2.24, 2.45) is 11.5 Å². The van der Waals surface area contributed by atoms with Crippen LogP contribution in [0.25, 0.3) is 0 Å². The fourth-order valence-corrected chi connectivity index (χ4v) is 4.34. The molecule has 0 saturated heterocycles. The van der Waals surface area contributed by atoms with E-state index >= 15 is 0 Å². The molecule has 2 amide bonds. The maximum atomic E-state index is 12.9. The molecule has 0 atom stereocenters. The molecule has 2 aromatic carbocycles. The Labute approximate surface area is 257 Å². The minimum atomic E-state index is -0.487. The number of carbonyl (C=O) groups excluding carboxylic acids is 2. The van der Waals surface area contributed by atoms with E-state index in [-0.39, 0.29) is 24.6 Å². The lowest BCUT2D eigenvalue weighted by Gasteiger charge is -2.24. The number of hydrogen-bond acceptors (Lipinski definition) is 10. The van der Waals surface area contributed by atoms with Gasteiger partial charge >= 0.3 is 12.2 Å². The number of nitro benzene ring substituents is 2. The average molecular weight is 617 g/mol. The lowest BCUT2D eigenvalue weighted by molar-refractivity contribution is -0.385. The van der Waals surface area contributed by atoms with Gasteiger partial charge in [-0.2, -0.15) is 0 Å². The summed E-state index contributed by atoms with van der Waals surface area (Å²) in [5.41, 5.74) is 12.4. The summed E-state index contributed by atoms with van der Waals surface area (Å²) in [5.74, 6) is 0. The molecule has 0 aliphatic carbocycles. The van der Waals surface area contributed by atoms with E-state index < -0.39 is 22.0 Å². The van der Waals surface area contributed by atoms with Crippen molar-refractivity contribution in [1.82, 2.24) is 9.80 Å². The lowest BCUT2D eigenvalue weighted by atomic mass is 10.2. The van der Waals surface area contributed by atoms with Crippen LogP contribution >= 0.6 is 0 Å². The lowest BCUT2D eigenvalue weighted by Crippen LogP contribution is -2.35. The van der Waals surface area contributed by atoms with Gasteiger partial charge in [-0.25, -0.2) is 9.59 Å². The molecule has 0 aliphatic heterocycles. The zero-order chi connectivity index (χ0) is 32.2. The predicted octanol–water partition coefficient (Wildman–Crippen LogP) is 5.12. The van der Waals surface area contributed by atoms with Crippen LogP contribution in [0.15, 0.2) is 48.5 Å². The fraction of sp³-hybridized carbons (Fsp3) is 0.533. The van der Waals surface area contributed by atoms with Crippen LogP contribution in [-0.4, -0.2) is 71.1 Å². The van der Waals surface area contributed by atoms with E-state index in [0.29, 0.717) is 63.2 Å². The maximum absolute atomic E-state index is 12.9. The van der Waals surface area contributed by atoms with Gasteiger partial charge in [-0.15, -0.1) is 0 Å². The minimum Gasteiger partial charge on any atom is -0.445 e. The summed E-state index contributed by atoms with van der Waals surface area (Å²) in [7, 11) is 0. The van der Waals surface area contributed by atoms with Gasteiger partial charge in [0, 0.05) is 50.4 Å². The van der Waals surface area contributed by atoms with E-state index in [1.54, 1.807) is 34.1 Å². The standard InChI is InChI=1S/C30H44N6O8/c31-17-3-1-5-19-33(29(37)43-23-25-9-13-27(14-10-25)35(39)40)21-7-8-22-34(20-6-2-4-18-32)30(38)44-24-26-11-15-28(16-12-26)36(41)42/h9-16H,1-8,17-24,31-32H2. The van der Waals surface area contributed by atoms with Crippen molar-refractivity contribution < 1.29 is 28.9 Å². The number of nitrogens with zero attached hydrogens (tertiary/aromatic N) is 4. The first-order valence-corrected chi connectivity index (χ1v) is 14.9. The van der Waals surface area contributed by atoms with Gasteiger partial charge in [0.05, 0.1) is 9.85 Å². The van der Waals surface area contributed by atoms with Gasteiger partial charge < -0.3 is 30.7 Å². The van der Waals surface area contributed by atoms with E-state index in [1.165, 1.54) is 24.3 Å². The Kier molecular flexibility index (Phi) is 16.8. The third-order valence-electron chi connectivity index (χ3n) is 6.91. The molecule has 0 saturated carbocycles. The van der Waals surface area contributed by atoms with Crippen LogP contribution < -0.4 is 11.5 Å². The summed E-state index contributed by atoms with van der Waals surface area (Å²) >= 11 is 0. The van der Waals surface area contributed by atoms with E-state index in [2.05, 4.69) is 0 Å². The van der Waals surface area contributed by atoms with Gasteiger partial charge in [-0.1, -0.05) is 12.8 Å². The molecule has 14 nitrogen and oxygen atoms in total. The second-order valence-electron chi connectivity index (χ2n) is 10.3. The molecular formula is C30H44N6O8. The third-order valence-corrected chi connectivity index (χ3v) is 6.91. The van der Waals surface area contributed by atoms with Crippen molar-refractivity contribution in [3.8, 4) is 0 Å². The zero-order valence-electron chi connectivity index (χ0n) is 25.1. The van der Waals surface area contributed by atoms with Crippen molar-refractivity contribution in [3.63, 3.8) is 0 Å². The van der Waals surface area contributed by atoms with Crippen molar-refractivity contribution in [2.75, 3.05) is 39.3 Å². The number of nitrogens with two attached hydrogens (primary N) is 2. The maximum Gasteiger partial charge on any atom is 0.410 e. The molecule has 0 aromatic heterocycles. The number of hydrogen-bond donors (Lipinski definition) is 2. The van der Waals surface area contributed by atoms with Crippen LogP contribution in [0, 0.1) is 20.2 Å². The number of nitro groups is 2. The second-order valence-corrected chi connectivity index (χ2v) is 10.3. The monoisotopic (exact) mass is 616 g/mol.